The van der Waals surface area contributed by atoms with Gasteiger partial charge in [0.25, 0.3) is 0 Å². The van der Waals surface area contributed by atoms with E-state index in [1.165, 1.54) is 0 Å². The first kappa shape index (κ1) is 19.8. The molecule has 1 aliphatic carbocycles. The molecule has 1 saturated heterocycles. The molecule has 1 saturated carbocycles. The number of aryl methyl sites for hydroxylation is 1. The van der Waals surface area contributed by atoms with Crippen molar-refractivity contribution in [3.8, 4) is 0 Å². The molecule has 1 aliphatic heterocycles. The zero-order chi connectivity index (χ0) is 20.6. The number of halogens is 1. The quantitative estimate of drug-likeness (QED) is 0.783. The maximum atomic E-state index is 11.4. The summed E-state index contributed by atoms with van der Waals surface area (Å²) in [5.41, 5.74) is 0.866. The van der Waals surface area contributed by atoms with Crippen molar-refractivity contribution >= 4 is 35.1 Å². The number of carboxylic acid groups (broad SMARTS) is 1. The Morgan fingerprint density at radius 2 is 2.24 bits per heavy atom. The van der Waals surface area contributed by atoms with E-state index in [9.17, 15) is 9.90 Å². The van der Waals surface area contributed by atoms with Crippen molar-refractivity contribution in [1.82, 2.24) is 24.6 Å². The average molecular weight is 420 g/mol. The Balaban J connectivity index is 1.48. The highest BCUT2D eigenvalue weighted by atomic mass is 35.5. The molecule has 2 unspecified atom stereocenters. The average Bonchev–Trinajstić information content (AvgIpc) is 3.29. The van der Waals surface area contributed by atoms with Crippen LogP contribution in [-0.2, 0) is 7.05 Å². The van der Waals surface area contributed by atoms with Crippen molar-refractivity contribution in [3.63, 3.8) is 0 Å². The van der Waals surface area contributed by atoms with Crippen LogP contribution in [0, 0.1) is 5.41 Å². The molecule has 3 heterocycles. The predicted molar refractivity (Wildman–Crippen MR) is 111 cm³/mol. The first-order valence-corrected chi connectivity index (χ1v) is 10.2. The van der Waals surface area contributed by atoms with Gasteiger partial charge in [0.2, 0.25) is 5.95 Å². The van der Waals surface area contributed by atoms with Crippen LogP contribution < -0.4 is 10.2 Å². The highest BCUT2D eigenvalue weighted by Crippen LogP contribution is 2.47. The first-order chi connectivity index (χ1) is 13.8. The summed E-state index contributed by atoms with van der Waals surface area (Å²) in [5.74, 6) is 1.15. The molecule has 0 aromatic carbocycles. The van der Waals surface area contributed by atoms with E-state index < -0.39 is 6.09 Å². The van der Waals surface area contributed by atoms with E-state index in [0.717, 1.165) is 37.8 Å². The largest absolute Gasteiger partial charge is 0.465 e. The number of rotatable bonds is 4. The summed E-state index contributed by atoms with van der Waals surface area (Å²) in [4.78, 5) is 24.0. The van der Waals surface area contributed by atoms with Gasteiger partial charge >= 0.3 is 6.09 Å². The molecule has 1 amide bonds. The molecular weight excluding hydrogens is 394 g/mol. The fourth-order valence-electron chi connectivity index (χ4n) is 4.70. The molecular formula is C19H26ClN7O2. The Bertz CT molecular complexity index is 904. The molecule has 0 radical (unpaired) electrons. The van der Waals surface area contributed by atoms with Gasteiger partial charge in [0.15, 0.2) is 5.82 Å². The van der Waals surface area contributed by atoms with Crippen LogP contribution in [0.3, 0.4) is 0 Å². The maximum absolute atomic E-state index is 11.4. The number of piperidine rings is 1. The number of hydrogen-bond acceptors (Lipinski definition) is 6. The summed E-state index contributed by atoms with van der Waals surface area (Å²) >= 11 is 6.42. The summed E-state index contributed by atoms with van der Waals surface area (Å²) in [7, 11) is 3.85. The Kier molecular flexibility index (Phi) is 5.24. The molecule has 2 fully saturated rings. The minimum atomic E-state index is -0.814. The van der Waals surface area contributed by atoms with Crippen molar-refractivity contribution in [1.29, 1.82) is 0 Å². The van der Waals surface area contributed by atoms with Gasteiger partial charge in [-0.3, -0.25) is 4.68 Å². The van der Waals surface area contributed by atoms with Crippen molar-refractivity contribution < 1.29 is 9.90 Å². The number of anilines is 3. The Hall–Kier alpha value is -2.55. The van der Waals surface area contributed by atoms with Crippen LogP contribution in [0.1, 0.15) is 32.1 Å². The standard InChI is InChI=1S/C19H26ClN7O2/c1-25-11-13(9-22-25)23-17-21-10-15(20)16(24-17)26(2)14-4-6-19(8-14)5-3-7-27(12-19)18(28)29/h9-11,14H,3-8,12H2,1-2H3,(H,28,29)(H,21,23,24). The van der Waals surface area contributed by atoms with E-state index in [-0.39, 0.29) is 11.5 Å². The molecule has 4 rings (SSSR count). The second kappa shape index (κ2) is 7.70. The van der Waals surface area contributed by atoms with E-state index in [2.05, 4.69) is 25.3 Å². The van der Waals surface area contributed by atoms with Crippen LogP contribution in [0.5, 0.6) is 0 Å². The minimum Gasteiger partial charge on any atom is -0.465 e. The lowest BCUT2D eigenvalue weighted by Crippen LogP contribution is -2.45. The Morgan fingerprint density at radius 1 is 1.41 bits per heavy atom. The second-order valence-corrected chi connectivity index (χ2v) is 8.62. The van der Waals surface area contributed by atoms with Crippen molar-refractivity contribution in [2.75, 3.05) is 30.4 Å². The molecule has 2 aromatic heterocycles. The minimum absolute atomic E-state index is 0.0614. The number of likely N-dealkylation sites (tertiary alicyclic amines) is 1. The molecule has 29 heavy (non-hydrogen) atoms. The van der Waals surface area contributed by atoms with Gasteiger partial charge in [0.05, 0.1) is 18.1 Å². The number of hydrogen-bond donors (Lipinski definition) is 2. The molecule has 9 nitrogen and oxygen atoms in total. The monoisotopic (exact) mass is 419 g/mol. The Labute approximate surface area is 174 Å². The summed E-state index contributed by atoms with van der Waals surface area (Å²) < 4.78 is 1.70. The smallest absolute Gasteiger partial charge is 0.407 e. The second-order valence-electron chi connectivity index (χ2n) is 8.21. The van der Waals surface area contributed by atoms with Crippen molar-refractivity contribution in [2.45, 2.75) is 38.1 Å². The van der Waals surface area contributed by atoms with Crippen LogP contribution >= 0.6 is 11.6 Å². The van der Waals surface area contributed by atoms with Crippen LogP contribution in [0.2, 0.25) is 5.02 Å². The van der Waals surface area contributed by atoms with E-state index in [0.29, 0.717) is 29.9 Å². The predicted octanol–water partition coefficient (Wildman–Crippen LogP) is 3.36. The normalized spacial score (nSPS) is 24.1. The number of aromatic nitrogens is 4. The fourth-order valence-corrected chi connectivity index (χ4v) is 4.93. The van der Waals surface area contributed by atoms with Crippen LogP contribution in [0.4, 0.5) is 22.2 Å². The number of carbonyl (C=O) groups is 1. The number of nitrogens with one attached hydrogen (secondary N) is 1. The molecule has 0 bridgehead atoms. The van der Waals surface area contributed by atoms with Crippen molar-refractivity contribution in [3.05, 3.63) is 23.6 Å². The lowest BCUT2D eigenvalue weighted by atomic mass is 9.78. The Morgan fingerprint density at radius 3 is 2.97 bits per heavy atom. The lowest BCUT2D eigenvalue weighted by molar-refractivity contribution is 0.0798. The zero-order valence-corrected chi connectivity index (χ0v) is 17.4. The first-order valence-electron chi connectivity index (χ1n) is 9.84. The van der Waals surface area contributed by atoms with E-state index >= 15 is 0 Å². The molecule has 2 N–H and O–H groups in total. The lowest BCUT2D eigenvalue weighted by Gasteiger charge is -2.40. The van der Waals surface area contributed by atoms with Crippen molar-refractivity contribution in [2.24, 2.45) is 12.5 Å². The maximum Gasteiger partial charge on any atom is 0.407 e. The molecule has 156 valence electrons. The third-order valence-electron chi connectivity index (χ3n) is 6.18. The van der Waals surface area contributed by atoms with E-state index in [1.54, 1.807) is 22.0 Å². The van der Waals surface area contributed by atoms with Gasteiger partial charge in [-0.15, -0.1) is 0 Å². The SMILES string of the molecule is CN(c1nc(Nc2cnn(C)c2)ncc1Cl)C1CCC2(CCCN(C(=O)O)C2)C1. The molecule has 2 atom stereocenters. The molecule has 2 aromatic rings. The third-order valence-corrected chi connectivity index (χ3v) is 6.44. The van der Waals surface area contributed by atoms with E-state index in [1.807, 2.05) is 20.3 Å². The van der Waals surface area contributed by atoms with E-state index in [4.69, 9.17) is 11.6 Å². The number of amides is 1. The summed E-state index contributed by atoms with van der Waals surface area (Å²) in [6.07, 6.45) is 9.31. The van der Waals surface area contributed by atoms with Crippen LogP contribution in [-0.4, -0.2) is 62.0 Å². The number of nitrogens with zero attached hydrogens (tertiary/aromatic N) is 6. The van der Waals surface area contributed by atoms with Crippen LogP contribution in [0.25, 0.3) is 0 Å². The summed E-state index contributed by atoms with van der Waals surface area (Å²) in [6.45, 7) is 1.26. The van der Waals surface area contributed by atoms with Gasteiger partial charge < -0.3 is 20.2 Å². The van der Waals surface area contributed by atoms with Gasteiger partial charge in [0, 0.05) is 39.4 Å². The van der Waals surface area contributed by atoms with Crippen LogP contribution in [0.15, 0.2) is 18.6 Å². The highest BCUT2D eigenvalue weighted by molar-refractivity contribution is 6.32. The zero-order valence-electron chi connectivity index (χ0n) is 16.7. The molecule has 10 heteroatoms. The van der Waals surface area contributed by atoms with Gasteiger partial charge in [0.1, 0.15) is 5.02 Å². The topological polar surface area (TPSA) is 99.4 Å². The van der Waals surface area contributed by atoms with Gasteiger partial charge in [-0.1, -0.05) is 11.6 Å². The van der Waals surface area contributed by atoms with Gasteiger partial charge in [-0.2, -0.15) is 10.1 Å². The molecule has 2 aliphatic rings. The summed E-state index contributed by atoms with van der Waals surface area (Å²) in [5, 5.41) is 17.2. The molecule has 1 spiro atoms. The van der Waals surface area contributed by atoms with Gasteiger partial charge in [-0.25, -0.2) is 9.78 Å². The van der Waals surface area contributed by atoms with Gasteiger partial charge in [-0.05, 0) is 37.5 Å². The summed E-state index contributed by atoms with van der Waals surface area (Å²) in [6, 6.07) is 0.266. The third kappa shape index (κ3) is 4.10. The highest BCUT2D eigenvalue weighted by Gasteiger charge is 2.44. The fraction of sp³-hybridized carbons (Fsp3) is 0.579.